The summed E-state index contributed by atoms with van der Waals surface area (Å²) >= 11 is 0. The number of benzene rings is 1. The van der Waals surface area contributed by atoms with Crippen LogP contribution in [0.5, 0.6) is 0 Å². The Morgan fingerprint density at radius 2 is 1.34 bits per heavy atom. The molecular weight excluding hydrogens is 873 g/mol. The van der Waals surface area contributed by atoms with Gasteiger partial charge in [0.05, 0.1) is 18.1 Å². The summed E-state index contributed by atoms with van der Waals surface area (Å²) < 4.78 is 0. The lowest BCUT2D eigenvalue weighted by atomic mass is 9.84. The SMILES string of the molecule is CCN[C@@H](Cc1ccccc1)C(=O)N[C@@H](CCCCN)C(=O)N[C@@H](C)C(=O)N[C@@H](C)C(=O)N[C@@H](CC(C)C)C(=O)N(C)[C@@H](C)C(=O)N(C(=O)[C@@H](N)CC1CCCCC1)[C@H](C=O)CCCN=C(N)N. The molecule has 20 heteroatoms. The van der Waals surface area contributed by atoms with E-state index in [2.05, 4.69) is 31.6 Å². The molecule has 1 aliphatic carbocycles. The number of amides is 7. The van der Waals surface area contributed by atoms with Gasteiger partial charge in [-0.05, 0) is 103 Å². The van der Waals surface area contributed by atoms with E-state index in [0.29, 0.717) is 45.1 Å². The number of nitrogens with one attached hydrogen (secondary N) is 5. The van der Waals surface area contributed by atoms with Crippen molar-refractivity contribution in [3.63, 3.8) is 0 Å². The maximum Gasteiger partial charge on any atom is 0.252 e. The van der Waals surface area contributed by atoms with Crippen molar-refractivity contribution in [2.24, 2.45) is 39.8 Å². The molecule has 0 saturated heterocycles. The minimum Gasteiger partial charge on any atom is -0.370 e. The van der Waals surface area contributed by atoms with E-state index < -0.39 is 83.8 Å². The number of carbonyl (C=O) groups excluding carboxylic acids is 8. The predicted molar refractivity (Wildman–Crippen MR) is 262 cm³/mol. The summed E-state index contributed by atoms with van der Waals surface area (Å²) in [7, 11) is 1.37. The zero-order chi connectivity index (χ0) is 50.9. The number of imide groups is 1. The third kappa shape index (κ3) is 20.0. The molecule has 0 heterocycles. The molecule has 2 rings (SSSR count). The Balaban J connectivity index is 2.20. The molecule has 0 unspecified atom stereocenters. The zero-order valence-corrected chi connectivity index (χ0v) is 41.5. The molecule has 0 aliphatic heterocycles. The van der Waals surface area contributed by atoms with E-state index in [9.17, 15) is 38.4 Å². The summed E-state index contributed by atoms with van der Waals surface area (Å²) in [6.45, 7) is 10.9. The maximum absolute atomic E-state index is 14.3. The van der Waals surface area contributed by atoms with Crippen LogP contribution in [-0.4, -0.2) is 138 Å². The molecule has 68 heavy (non-hydrogen) atoms. The lowest BCUT2D eigenvalue weighted by Crippen LogP contribution is -2.60. The van der Waals surface area contributed by atoms with Gasteiger partial charge in [0.15, 0.2) is 5.96 Å². The van der Waals surface area contributed by atoms with Crippen LogP contribution in [0.1, 0.15) is 124 Å². The number of aliphatic imine (C=N–C) groups is 1. The zero-order valence-electron chi connectivity index (χ0n) is 41.5. The van der Waals surface area contributed by atoms with Gasteiger partial charge in [0.25, 0.3) is 5.91 Å². The second kappa shape index (κ2) is 30.8. The highest BCUT2D eigenvalue weighted by Crippen LogP contribution is 2.28. The van der Waals surface area contributed by atoms with E-state index in [1.54, 1.807) is 0 Å². The highest BCUT2D eigenvalue weighted by atomic mass is 16.2. The number of aldehydes is 1. The molecule has 0 bridgehead atoms. The van der Waals surface area contributed by atoms with Crippen LogP contribution in [0.15, 0.2) is 35.3 Å². The van der Waals surface area contributed by atoms with Gasteiger partial charge in [0.2, 0.25) is 35.4 Å². The molecule has 7 amide bonds. The topological polar surface area (TPSA) is 320 Å². The highest BCUT2D eigenvalue weighted by molar-refractivity contribution is 6.03. The van der Waals surface area contributed by atoms with E-state index in [1.165, 1.54) is 27.8 Å². The molecule has 1 aromatic carbocycles. The molecule has 0 aromatic heterocycles. The summed E-state index contributed by atoms with van der Waals surface area (Å²) in [6.07, 6.45) is 8.09. The molecule has 1 saturated carbocycles. The molecule has 0 radical (unpaired) electrons. The van der Waals surface area contributed by atoms with Gasteiger partial charge in [0, 0.05) is 13.6 Å². The normalized spacial score (nSPS) is 16.3. The standard InChI is InChI=1S/C48H82N12O8/c1-8-53-39(28-35-20-13-10-14-21-35)44(65)57-38(23-15-16-24-49)43(64)56-31(4)41(62)55-32(5)42(63)58-40(26-30(2)3)47(68)59(7)33(6)45(66)60(36(29-61)22-17-25-54-48(51)52)46(67)37(50)27-34-18-11-9-12-19-34/h10,13-14,20-21,29-34,36-40,53H,8-9,11-12,15-19,22-28,49-50H2,1-7H3,(H,55,62)(H,56,64)(H,57,65)(H,58,63)(H4,51,52,54)/t31-,32-,33-,36-,37-,38-,39-,40-/m0/s1. The summed E-state index contributed by atoms with van der Waals surface area (Å²) in [4.78, 5) is 115. The number of rotatable bonds is 30. The monoisotopic (exact) mass is 955 g/mol. The first kappa shape index (κ1) is 58.7. The fraction of sp³-hybridized carbons (Fsp3) is 0.688. The van der Waals surface area contributed by atoms with Crippen molar-refractivity contribution in [3.8, 4) is 0 Å². The third-order valence-corrected chi connectivity index (χ3v) is 12.3. The molecular formula is C48H82N12O8. The first-order valence-corrected chi connectivity index (χ1v) is 24.3. The van der Waals surface area contributed by atoms with Gasteiger partial charge >= 0.3 is 0 Å². The lowest BCUT2D eigenvalue weighted by Gasteiger charge is -2.36. The van der Waals surface area contributed by atoms with Gasteiger partial charge < -0.3 is 59.2 Å². The van der Waals surface area contributed by atoms with Crippen molar-refractivity contribution in [2.45, 2.75) is 173 Å². The molecule has 382 valence electrons. The molecule has 1 fully saturated rings. The molecule has 1 aromatic rings. The maximum atomic E-state index is 14.3. The molecule has 8 atom stereocenters. The van der Waals surface area contributed by atoms with Gasteiger partial charge in [-0.25, -0.2) is 0 Å². The Morgan fingerprint density at radius 3 is 1.91 bits per heavy atom. The lowest BCUT2D eigenvalue weighted by molar-refractivity contribution is -0.156. The van der Waals surface area contributed by atoms with Gasteiger partial charge in [-0.2, -0.15) is 0 Å². The fourth-order valence-electron chi connectivity index (χ4n) is 8.23. The van der Waals surface area contributed by atoms with Crippen molar-refractivity contribution in [3.05, 3.63) is 35.9 Å². The van der Waals surface area contributed by atoms with Crippen LogP contribution in [0, 0.1) is 11.8 Å². The van der Waals surface area contributed by atoms with Gasteiger partial charge in [-0.15, -0.1) is 0 Å². The number of carbonyl (C=O) groups is 8. The van der Waals surface area contributed by atoms with Gasteiger partial charge in [0.1, 0.15) is 36.5 Å². The molecule has 1 aliphatic rings. The first-order chi connectivity index (χ1) is 32.2. The van der Waals surface area contributed by atoms with Crippen LogP contribution in [0.25, 0.3) is 0 Å². The second-order valence-corrected chi connectivity index (χ2v) is 18.5. The fourth-order valence-corrected chi connectivity index (χ4v) is 8.23. The molecule has 0 spiro atoms. The Labute approximate surface area is 403 Å². The number of likely N-dealkylation sites (N-methyl/N-ethyl adjacent to an activating group) is 2. The Kier molecular flexibility index (Phi) is 26.6. The van der Waals surface area contributed by atoms with Crippen molar-refractivity contribution in [2.75, 3.05) is 26.7 Å². The Morgan fingerprint density at radius 1 is 0.750 bits per heavy atom. The number of hydrogen-bond donors (Lipinski definition) is 9. The van der Waals surface area contributed by atoms with Crippen molar-refractivity contribution in [1.29, 1.82) is 0 Å². The summed E-state index contributed by atoms with van der Waals surface area (Å²) in [5.41, 5.74) is 24.0. The summed E-state index contributed by atoms with van der Waals surface area (Å²) in [5.74, 6) is -4.62. The average Bonchev–Trinajstić information content (AvgIpc) is 3.30. The van der Waals surface area contributed by atoms with E-state index in [1.807, 2.05) is 51.1 Å². The van der Waals surface area contributed by atoms with Crippen LogP contribution < -0.4 is 49.5 Å². The Bertz CT molecular complexity index is 1810. The smallest absolute Gasteiger partial charge is 0.252 e. The summed E-state index contributed by atoms with van der Waals surface area (Å²) in [5, 5.41) is 14.0. The average molecular weight is 955 g/mol. The van der Waals surface area contributed by atoms with Crippen LogP contribution >= 0.6 is 0 Å². The minimum absolute atomic E-state index is 0.0501. The minimum atomic E-state index is -1.27. The van der Waals surface area contributed by atoms with Crippen LogP contribution in [-0.2, 0) is 44.8 Å². The largest absolute Gasteiger partial charge is 0.370 e. The number of nitrogens with zero attached hydrogens (tertiary/aromatic N) is 3. The first-order valence-electron chi connectivity index (χ1n) is 24.3. The quantitative estimate of drug-likeness (QED) is 0.0220. The van der Waals surface area contributed by atoms with Crippen LogP contribution in [0.3, 0.4) is 0 Å². The van der Waals surface area contributed by atoms with Gasteiger partial charge in [-0.1, -0.05) is 83.2 Å². The molecule has 13 N–H and O–H groups in total. The van der Waals surface area contributed by atoms with E-state index in [-0.39, 0.29) is 55.9 Å². The number of hydrogen-bond acceptors (Lipinski definition) is 12. The summed E-state index contributed by atoms with van der Waals surface area (Å²) in [6, 6.07) is 0.867. The highest BCUT2D eigenvalue weighted by Gasteiger charge is 2.40. The van der Waals surface area contributed by atoms with Gasteiger partial charge in [-0.3, -0.25) is 43.5 Å². The van der Waals surface area contributed by atoms with E-state index in [4.69, 9.17) is 22.9 Å². The number of nitrogens with two attached hydrogens (primary N) is 4. The Hall–Kier alpha value is -5.47. The predicted octanol–water partition coefficient (Wildman–Crippen LogP) is 0.482. The number of unbranched alkanes of at least 4 members (excludes halogenated alkanes) is 1. The van der Waals surface area contributed by atoms with Crippen molar-refractivity contribution < 1.29 is 38.4 Å². The van der Waals surface area contributed by atoms with E-state index >= 15 is 0 Å². The van der Waals surface area contributed by atoms with E-state index in [0.717, 1.165) is 47.5 Å². The van der Waals surface area contributed by atoms with Crippen LogP contribution in [0.4, 0.5) is 0 Å². The van der Waals surface area contributed by atoms with Crippen molar-refractivity contribution in [1.82, 2.24) is 36.4 Å². The molecule has 20 nitrogen and oxygen atoms in total. The van der Waals surface area contributed by atoms with Crippen molar-refractivity contribution >= 4 is 53.6 Å². The third-order valence-electron chi connectivity index (χ3n) is 12.3. The second-order valence-electron chi connectivity index (χ2n) is 18.5. The van der Waals surface area contributed by atoms with Crippen LogP contribution in [0.2, 0.25) is 0 Å². The number of guanidine groups is 1.